The van der Waals surface area contributed by atoms with Crippen molar-refractivity contribution < 1.29 is 14.3 Å². The highest BCUT2D eigenvalue weighted by molar-refractivity contribution is 5.75. The zero-order valence-electron chi connectivity index (χ0n) is 15.9. The molecule has 1 aromatic carbocycles. The number of carbonyl (C=O) groups is 1. The molecule has 4 nitrogen and oxygen atoms in total. The van der Waals surface area contributed by atoms with Crippen LogP contribution in [0.2, 0.25) is 0 Å². The molecule has 0 unspecified atom stereocenters. The van der Waals surface area contributed by atoms with Crippen molar-refractivity contribution in [2.24, 2.45) is 5.92 Å². The van der Waals surface area contributed by atoms with E-state index in [4.69, 9.17) is 9.47 Å². The number of carbonyl (C=O) groups excluding carboxylic acids is 1. The van der Waals surface area contributed by atoms with Crippen molar-refractivity contribution in [3.63, 3.8) is 0 Å². The van der Waals surface area contributed by atoms with Gasteiger partial charge in [-0.05, 0) is 43.9 Å². The molecule has 0 atom stereocenters. The summed E-state index contributed by atoms with van der Waals surface area (Å²) < 4.78 is 11.1. The van der Waals surface area contributed by atoms with Gasteiger partial charge in [-0.15, -0.1) is 0 Å². The summed E-state index contributed by atoms with van der Waals surface area (Å²) in [4.78, 5) is 11.9. The largest absolute Gasteiger partial charge is 0.493 e. The van der Waals surface area contributed by atoms with Crippen molar-refractivity contribution in [3.8, 4) is 11.5 Å². The molecule has 136 valence electrons. The molecule has 0 fully saturated rings. The first kappa shape index (κ1) is 20.3. The quantitative estimate of drug-likeness (QED) is 0.596. The SMILES string of the molecule is COc1cc(CNC(=O)CCCCCC(C)C)ccc1OC(C)C. The number of unbranched alkanes of at least 4 members (excludes halogenated alkanes) is 2. The third kappa shape index (κ3) is 8.23. The maximum Gasteiger partial charge on any atom is 0.220 e. The number of hydrogen-bond donors (Lipinski definition) is 1. The molecular weight excluding hydrogens is 302 g/mol. The summed E-state index contributed by atoms with van der Waals surface area (Å²) in [6, 6.07) is 5.77. The van der Waals surface area contributed by atoms with Gasteiger partial charge in [-0.2, -0.15) is 0 Å². The Morgan fingerprint density at radius 2 is 1.83 bits per heavy atom. The monoisotopic (exact) mass is 335 g/mol. The number of benzene rings is 1. The first-order valence-electron chi connectivity index (χ1n) is 9.02. The maximum atomic E-state index is 11.9. The van der Waals surface area contributed by atoms with Gasteiger partial charge in [0.05, 0.1) is 13.2 Å². The highest BCUT2D eigenvalue weighted by atomic mass is 16.5. The van der Waals surface area contributed by atoms with E-state index in [0.29, 0.717) is 18.7 Å². The lowest BCUT2D eigenvalue weighted by molar-refractivity contribution is -0.121. The van der Waals surface area contributed by atoms with Gasteiger partial charge in [-0.3, -0.25) is 4.79 Å². The van der Waals surface area contributed by atoms with E-state index in [-0.39, 0.29) is 12.0 Å². The smallest absolute Gasteiger partial charge is 0.220 e. The number of ether oxygens (including phenoxy) is 2. The van der Waals surface area contributed by atoms with E-state index in [1.54, 1.807) is 7.11 Å². The molecule has 0 radical (unpaired) electrons. The lowest BCUT2D eigenvalue weighted by atomic mass is 10.0. The summed E-state index contributed by atoms with van der Waals surface area (Å²) in [5.41, 5.74) is 1.01. The van der Waals surface area contributed by atoms with Crippen LogP contribution in [0.25, 0.3) is 0 Å². The summed E-state index contributed by atoms with van der Waals surface area (Å²) in [7, 11) is 1.63. The summed E-state index contributed by atoms with van der Waals surface area (Å²) in [6.45, 7) is 8.95. The van der Waals surface area contributed by atoms with Crippen LogP contribution in [-0.2, 0) is 11.3 Å². The molecule has 0 aliphatic heterocycles. The summed E-state index contributed by atoms with van der Waals surface area (Å²) in [5, 5.41) is 2.97. The van der Waals surface area contributed by atoms with Gasteiger partial charge in [0.25, 0.3) is 0 Å². The Morgan fingerprint density at radius 3 is 2.46 bits per heavy atom. The molecule has 0 saturated heterocycles. The van der Waals surface area contributed by atoms with Crippen LogP contribution in [0.4, 0.5) is 0 Å². The molecule has 1 N–H and O–H groups in total. The van der Waals surface area contributed by atoms with Crippen molar-refractivity contribution in [3.05, 3.63) is 23.8 Å². The number of hydrogen-bond acceptors (Lipinski definition) is 3. The molecular formula is C20H33NO3. The van der Waals surface area contributed by atoms with E-state index in [1.807, 2.05) is 32.0 Å². The van der Waals surface area contributed by atoms with Gasteiger partial charge in [-0.1, -0.05) is 39.2 Å². The van der Waals surface area contributed by atoms with E-state index in [1.165, 1.54) is 12.8 Å². The zero-order valence-corrected chi connectivity index (χ0v) is 15.9. The summed E-state index contributed by atoms with van der Waals surface area (Å²) in [6.07, 6.45) is 5.24. The Bertz CT molecular complexity index is 498. The number of amides is 1. The van der Waals surface area contributed by atoms with Gasteiger partial charge in [-0.25, -0.2) is 0 Å². The van der Waals surface area contributed by atoms with E-state index in [0.717, 1.165) is 30.1 Å². The van der Waals surface area contributed by atoms with Crippen LogP contribution in [0.15, 0.2) is 18.2 Å². The van der Waals surface area contributed by atoms with E-state index < -0.39 is 0 Å². The van der Waals surface area contributed by atoms with Crippen LogP contribution in [0.5, 0.6) is 11.5 Å². The van der Waals surface area contributed by atoms with Crippen molar-refractivity contribution in [1.82, 2.24) is 5.32 Å². The van der Waals surface area contributed by atoms with Crippen LogP contribution in [-0.4, -0.2) is 19.1 Å². The van der Waals surface area contributed by atoms with Crippen molar-refractivity contribution >= 4 is 5.91 Å². The second kappa shape index (κ2) is 11.0. The fourth-order valence-corrected chi connectivity index (χ4v) is 2.48. The molecule has 1 rings (SSSR count). The highest BCUT2D eigenvalue weighted by Crippen LogP contribution is 2.28. The molecule has 1 aromatic rings. The number of rotatable bonds is 11. The van der Waals surface area contributed by atoms with Crippen LogP contribution in [0.1, 0.15) is 65.4 Å². The van der Waals surface area contributed by atoms with Gasteiger partial charge in [0.15, 0.2) is 11.5 Å². The van der Waals surface area contributed by atoms with Crippen molar-refractivity contribution in [2.45, 2.75) is 72.4 Å². The Kier molecular flexibility index (Phi) is 9.28. The lowest BCUT2D eigenvalue weighted by Gasteiger charge is -2.14. The van der Waals surface area contributed by atoms with E-state index in [9.17, 15) is 4.79 Å². The van der Waals surface area contributed by atoms with Crippen LogP contribution in [0, 0.1) is 5.92 Å². The minimum absolute atomic E-state index is 0.0974. The van der Waals surface area contributed by atoms with Gasteiger partial charge in [0.1, 0.15) is 0 Å². The molecule has 0 spiro atoms. The maximum absolute atomic E-state index is 11.9. The third-order valence-electron chi connectivity index (χ3n) is 3.77. The van der Waals surface area contributed by atoms with Crippen molar-refractivity contribution in [2.75, 3.05) is 7.11 Å². The topological polar surface area (TPSA) is 47.6 Å². The minimum atomic E-state index is 0.0974. The predicted octanol–water partition coefficient (Wildman–Crippen LogP) is 4.71. The second-order valence-electron chi connectivity index (χ2n) is 6.92. The van der Waals surface area contributed by atoms with Crippen molar-refractivity contribution in [1.29, 1.82) is 0 Å². The van der Waals surface area contributed by atoms with E-state index in [2.05, 4.69) is 19.2 Å². The van der Waals surface area contributed by atoms with Gasteiger partial charge < -0.3 is 14.8 Å². The molecule has 0 aromatic heterocycles. The van der Waals surface area contributed by atoms with E-state index >= 15 is 0 Å². The predicted molar refractivity (Wildman–Crippen MR) is 98.5 cm³/mol. The normalized spacial score (nSPS) is 11.0. The molecule has 0 saturated carbocycles. The fraction of sp³-hybridized carbons (Fsp3) is 0.650. The van der Waals surface area contributed by atoms with Crippen LogP contribution >= 0.6 is 0 Å². The Hall–Kier alpha value is -1.71. The lowest BCUT2D eigenvalue weighted by Crippen LogP contribution is -2.22. The third-order valence-corrected chi connectivity index (χ3v) is 3.77. The average molecular weight is 335 g/mol. The first-order valence-corrected chi connectivity index (χ1v) is 9.02. The number of nitrogens with one attached hydrogen (secondary N) is 1. The highest BCUT2D eigenvalue weighted by Gasteiger charge is 2.08. The second-order valence-corrected chi connectivity index (χ2v) is 6.92. The molecule has 4 heteroatoms. The van der Waals surface area contributed by atoms with Crippen LogP contribution < -0.4 is 14.8 Å². The molecule has 24 heavy (non-hydrogen) atoms. The zero-order chi connectivity index (χ0) is 17.9. The fourth-order valence-electron chi connectivity index (χ4n) is 2.48. The Morgan fingerprint density at radius 1 is 1.08 bits per heavy atom. The average Bonchev–Trinajstić information content (AvgIpc) is 2.52. The molecule has 0 aliphatic rings. The summed E-state index contributed by atoms with van der Waals surface area (Å²) in [5.74, 6) is 2.29. The standard InChI is InChI=1S/C20H33NO3/c1-15(2)9-7-6-8-10-20(22)21-14-17-11-12-18(24-16(3)4)19(13-17)23-5/h11-13,15-16H,6-10,14H2,1-5H3,(H,21,22). The molecule has 0 heterocycles. The van der Waals surface area contributed by atoms with Gasteiger partial charge in [0.2, 0.25) is 5.91 Å². The first-order chi connectivity index (χ1) is 11.4. The summed E-state index contributed by atoms with van der Waals surface area (Å²) >= 11 is 0. The molecule has 0 aliphatic carbocycles. The van der Waals surface area contributed by atoms with Crippen LogP contribution in [0.3, 0.4) is 0 Å². The molecule has 1 amide bonds. The van der Waals surface area contributed by atoms with Gasteiger partial charge >= 0.3 is 0 Å². The van der Waals surface area contributed by atoms with Gasteiger partial charge in [0, 0.05) is 13.0 Å². The Balaban J connectivity index is 2.37. The molecule has 0 bridgehead atoms. The minimum Gasteiger partial charge on any atom is -0.493 e. The number of methoxy groups -OCH3 is 1. The Labute approximate surface area is 146 Å².